The van der Waals surface area contributed by atoms with Gasteiger partial charge in [0.25, 0.3) is 0 Å². The fourth-order valence-corrected chi connectivity index (χ4v) is 5.68. The van der Waals surface area contributed by atoms with Gasteiger partial charge in [-0.1, -0.05) is 18.5 Å². The number of carbonyl (C=O) groups is 1. The Bertz CT molecular complexity index is 740. The number of sulfonamides is 1. The second-order valence-corrected chi connectivity index (χ2v) is 9.70. The molecule has 2 fully saturated rings. The first-order valence-electron chi connectivity index (χ1n) is 9.29. The predicted molar refractivity (Wildman–Crippen MR) is 100 cm³/mol. The summed E-state index contributed by atoms with van der Waals surface area (Å²) in [6.07, 6.45) is 6.93. The van der Waals surface area contributed by atoms with Crippen molar-refractivity contribution in [1.82, 2.24) is 14.6 Å². The minimum Gasteiger partial charge on any atom is -0.353 e. The van der Waals surface area contributed by atoms with Crippen LogP contribution in [0.4, 0.5) is 0 Å². The van der Waals surface area contributed by atoms with Crippen molar-refractivity contribution in [2.24, 2.45) is 11.8 Å². The standard InChI is InChI=1S/C18H26ClN3O3S/c1-13-4-6-15(7-5-13)21-18(23)14-8-11-22(12-9-14)26(24,25)16-3-2-10-20-17(16)19/h2-3,10,13-15H,4-9,11-12H2,1H3,(H,21,23). The fourth-order valence-electron chi connectivity index (χ4n) is 3.78. The third-order valence-corrected chi connectivity index (χ3v) is 7.87. The molecule has 144 valence electrons. The fraction of sp³-hybridized carbons (Fsp3) is 0.667. The molecule has 8 heteroatoms. The molecule has 2 heterocycles. The van der Waals surface area contributed by atoms with E-state index in [1.165, 1.54) is 16.6 Å². The lowest BCUT2D eigenvalue weighted by Gasteiger charge is -2.33. The van der Waals surface area contributed by atoms with Crippen LogP contribution in [0, 0.1) is 11.8 Å². The van der Waals surface area contributed by atoms with E-state index in [1.54, 1.807) is 6.07 Å². The molecule has 1 aliphatic heterocycles. The summed E-state index contributed by atoms with van der Waals surface area (Å²) in [4.78, 5) is 16.4. The number of aromatic nitrogens is 1. The Balaban J connectivity index is 1.55. The highest BCUT2D eigenvalue weighted by Gasteiger charge is 2.34. The Labute approximate surface area is 160 Å². The summed E-state index contributed by atoms with van der Waals surface area (Å²) >= 11 is 5.94. The average Bonchev–Trinajstić information content (AvgIpc) is 2.64. The lowest BCUT2D eigenvalue weighted by atomic mass is 9.87. The van der Waals surface area contributed by atoms with Gasteiger partial charge < -0.3 is 5.32 Å². The Kier molecular flexibility index (Phi) is 6.20. The average molecular weight is 400 g/mol. The summed E-state index contributed by atoms with van der Waals surface area (Å²) < 4.78 is 26.9. The van der Waals surface area contributed by atoms with E-state index in [9.17, 15) is 13.2 Å². The monoisotopic (exact) mass is 399 g/mol. The van der Waals surface area contributed by atoms with Gasteiger partial charge >= 0.3 is 0 Å². The smallest absolute Gasteiger partial charge is 0.246 e. The molecular weight excluding hydrogens is 374 g/mol. The largest absolute Gasteiger partial charge is 0.353 e. The zero-order chi connectivity index (χ0) is 18.7. The van der Waals surface area contributed by atoms with Gasteiger partial charge in [0, 0.05) is 31.2 Å². The second kappa shape index (κ2) is 8.23. The van der Waals surface area contributed by atoms with E-state index < -0.39 is 10.0 Å². The molecular formula is C18H26ClN3O3S. The molecule has 1 amide bonds. The first-order valence-corrected chi connectivity index (χ1v) is 11.1. The molecule has 1 saturated carbocycles. The van der Waals surface area contributed by atoms with Crippen LogP contribution < -0.4 is 5.32 Å². The number of amides is 1. The zero-order valence-electron chi connectivity index (χ0n) is 15.0. The lowest BCUT2D eigenvalue weighted by molar-refractivity contribution is -0.127. The minimum atomic E-state index is -3.67. The molecule has 0 spiro atoms. The van der Waals surface area contributed by atoms with Crippen LogP contribution in [0.1, 0.15) is 45.4 Å². The van der Waals surface area contributed by atoms with Crippen molar-refractivity contribution in [3.63, 3.8) is 0 Å². The first kappa shape index (κ1) is 19.6. The van der Waals surface area contributed by atoms with Crippen LogP contribution in [0.2, 0.25) is 5.15 Å². The van der Waals surface area contributed by atoms with E-state index in [0.717, 1.165) is 31.6 Å². The van der Waals surface area contributed by atoms with Gasteiger partial charge in [0.1, 0.15) is 10.0 Å². The summed E-state index contributed by atoms with van der Waals surface area (Å²) in [7, 11) is -3.67. The Hall–Kier alpha value is -1.18. The molecule has 2 aliphatic rings. The molecule has 26 heavy (non-hydrogen) atoms. The molecule has 1 aromatic heterocycles. The Morgan fingerprint density at radius 2 is 1.85 bits per heavy atom. The first-order chi connectivity index (χ1) is 12.4. The van der Waals surface area contributed by atoms with Gasteiger partial charge in [-0.25, -0.2) is 13.4 Å². The van der Waals surface area contributed by atoms with Gasteiger partial charge in [-0.3, -0.25) is 4.79 Å². The number of carbonyl (C=O) groups excluding carboxylic acids is 1. The normalized spacial score (nSPS) is 25.8. The van der Waals surface area contributed by atoms with Gasteiger partial charge in [0.15, 0.2) is 0 Å². The van der Waals surface area contributed by atoms with Crippen molar-refractivity contribution in [3.05, 3.63) is 23.5 Å². The van der Waals surface area contributed by atoms with Gasteiger partial charge in [0.2, 0.25) is 15.9 Å². The van der Waals surface area contributed by atoms with Crippen LogP contribution in [0.5, 0.6) is 0 Å². The molecule has 0 unspecified atom stereocenters. The second-order valence-electron chi connectivity index (χ2n) is 7.44. The van der Waals surface area contributed by atoms with Gasteiger partial charge in [-0.2, -0.15) is 4.31 Å². The van der Waals surface area contributed by atoms with Crippen molar-refractivity contribution in [3.8, 4) is 0 Å². The number of piperidine rings is 1. The highest BCUT2D eigenvalue weighted by atomic mass is 35.5. The number of nitrogens with one attached hydrogen (secondary N) is 1. The molecule has 1 saturated heterocycles. The van der Waals surface area contributed by atoms with E-state index >= 15 is 0 Å². The van der Waals surface area contributed by atoms with Crippen LogP contribution in [0.25, 0.3) is 0 Å². The Morgan fingerprint density at radius 1 is 1.19 bits per heavy atom. The maximum absolute atomic E-state index is 12.7. The van der Waals surface area contributed by atoms with Gasteiger partial charge in [-0.05, 0) is 56.6 Å². The predicted octanol–water partition coefficient (Wildman–Crippen LogP) is 2.83. The molecule has 1 aromatic rings. The molecule has 0 radical (unpaired) electrons. The van der Waals surface area contributed by atoms with Crippen molar-refractivity contribution >= 4 is 27.5 Å². The number of rotatable bonds is 4. The van der Waals surface area contributed by atoms with E-state index in [2.05, 4.69) is 17.2 Å². The quantitative estimate of drug-likeness (QED) is 0.789. The van der Waals surface area contributed by atoms with Crippen molar-refractivity contribution in [2.45, 2.75) is 56.4 Å². The third kappa shape index (κ3) is 4.38. The number of hydrogen-bond donors (Lipinski definition) is 1. The van der Waals surface area contributed by atoms with E-state index in [4.69, 9.17) is 11.6 Å². The third-order valence-electron chi connectivity index (χ3n) is 5.53. The summed E-state index contributed by atoms with van der Waals surface area (Å²) in [5.74, 6) is 0.696. The lowest BCUT2D eigenvalue weighted by Crippen LogP contribution is -2.46. The van der Waals surface area contributed by atoms with Crippen molar-refractivity contribution < 1.29 is 13.2 Å². The van der Waals surface area contributed by atoms with Crippen molar-refractivity contribution in [2.75, 3.05) is 13.1 Å². The van der Waals surface area contributed by atoms with Crippen molar-refractivity contribution in [1.29, 1.82) is 0 Å². The summed E-state index contributed by atoms with van der Waals surface area (Å²) in [5, 5.41) is 3.15. The zero-order valence-corrected chi connectivity index (χ0v) is 16.6. The summed E-state index contributed by atoms with van der Waals surface area (Å²) in [5.41, 5.74) is 0. The van der Waals surface area contributed by atoms with E-state index in [1.807, 2.05) is 0 Å². The van der Waals surface area contributed by atoms with Crippen LogP contribution in [0.15, 0.2) is 23.2 Å². The number of halogens is 1. The van der Waals surface area contributed by atoms with E-state index in [-0.39, 0.29) is 27.9 Å². The molecule has 6 nitrogen and oxygen atoms in total. The Morgan fingerprint density at radius 3 is 2.46 bits per heavy atom. The highest BCUT2D eigenvalue weighted by molar-refractivity contribution is 7.89. The SMILES string of the molecule is CC1CCC(NC(=O)C2CCN(S(=O)(=O)c3cccnc3Cl)CC2)CC1. The summed E-state index contributed by atoms with van der Waals surface area (Å²) in [6, 6.07) is 3.30. The minimum absolute atomic E-state index is 0.0149. The number of pyridine rings is 1. The van der Waals surface area contributed by atoms with Crippen LogP contribution in [-0.2, 0) is 14.8 Å². The molecule has 0 aromatic carbocycles. The molecule has 0 bridgehead atoms. The van der Waals surface area contributed by atoms with Gasteiger partial charge in [-0.15, -0.1) is 0 Å². The van der Waals surface area contributed by atoms with Crippen LogP contribution >= 0.6 is 11.6 Å². The number of nitrogens with zero attached hydrogens (tertiary/aromatic N) is 2. The number of hydrogen-bond acceptors (Lipinski definition) is 4. The van der Waals surface area contributed by atoms with Gasteiger partial charge in [0.05, 0.1) is 0 Å². The van der Waals surface area contributed by atoms with Crippen LogP contribution in [-0.4, -0.2) is 42.7 Å². The van der Waals surface area contributed by atoms with Crippen LogP contribution in [0.3, 0.4) is 0 Å². The molecule has 3 rings (SSSR count). The maximum Gasteiger partial charge on any atom is 0.246 e. The highest BCUT2D eigenvalue weighted by Crippen LogP contribution is 2.28. The maximum atomic E-state index is 12.7. The topological polar surface area (TPSA) is 79.4 Å². The molecule has 1 N–H and O–H groups in total. The summed E-state index contributed by atoms with van der Waals surface area (Å²) in [6.45, 7) is 2.91. The molecule has 1 aliphatic carbocycles. The van der Waals surface area contributed by atoms with E-state index in [0.29, 0.717) is 25.9 Å². The molecule has 0 atom stereocenters.